The highest BCUT2D eigenvalue weighted by molar-refractivity contribution is 9.10. The molecule has 18 heavy (non-hydrogen) atoms. The molecule has 0 aliphatic heterocycles. The lowest BCUT2D eigenvalue weighted by atomic mass is 10.3. The first kappa shape index (κ1) is 15.4. The van der Waals surface area contributed by atoms with Crippen molar-refractivity contribution in [3.63, 3.8) is 0 Å². The second-order valence-electron chi connectivity index (χ2n) is 3.71. The third-order valence-corrected chi connectivity index (χ3v) is 4.61. The number of benzene rings is 1. The lowest BCUT2D eigenvalue weighted by Crippen LogP contribution is -2.36. The Balaban J connectivity index is 3.02. The molecule has 1 aromatic rings. The molecule has 0 unspecified atom stereocenters. The van der Waals surface area contributed by atoms with Crippen molar-refractivity contribution in [2.45, 2.75) is 24.3 Å². The predicted molar refractivity (Wildman–Crippen MR) is 72.2 cm³/mol. The van der Waals surface area contributed by atoms with Crippen molar-refractivity contribution in [2.24, 2.45) is 0 Å². The third-order valence-electron chi connectivity index (χ3n) is 2.47. The van der Waals surface area contributed by atoms with Gasteiger partial charge in [-0.1, -0.05) is 6.92 Å². The summed E-state index contributed by atoms with van der Waals surface area (Å²) in [6.45, 7) is 1.57. The number of hydrogen-bond acceptors (Lipinski definition) is 4. The third kappa shape index (κ3) is 3.68. The quantitative estimate of drug-likeness (QED) is 0.824. The highest BCUT2D eigenvalue weighted by atomic mass is 79.9. The van der Waals surface area contributed by atoms with Gasteiger partial charge in [0.05, 0.1) is 23.1 Å². The Morgan fingerprint density at radius 3 is 2.61 bits per heavy atom. The number of methoxy groups -OCH3 is 1. The highest BCUT2D eigenvalue weighted by Gasteiger charge is 2.19. The van der Waals surface area contributed by atoms with E-state index in [1.54, 1.807) is 13.0 Å². The SMILES string of the molecule is CC[C@@H](CO)NS(=O)(=O)c1ccc(OC)c(Br)c1. The molecule has 0 aliphatic rings. The van der Waals surface area contributed by atoms with E-state index in [0.717, 1.165) is 0 Å². The zero-order valence-corrected chi connectivity index (χ0v) is 12.6. The lowest BCUT2D eigenvalue weighted by Gasteiger charge is -2.15. The maximum Gasteiger partial charge on any atom is 0.240 e. The number of aliphatic hydroxyl groups excluding tert-OH is 1. The highest BCUT2D eigenvalue weighted by Crippen LogP contribution is 2.27. The van der Waals surface area contributed by atoms with Gasteiger partial charge in [-0.15, -0.1) is 0 Å². The summed E-state index contributed by atoms with van der Waals surface area (Å²) in [4.78, 5) is 0.127. The van der Waals surface area contributed by atoms with Crippen LogP contribution < -0.4 is 9.46 Å². The Hall–Kier alpha value is -0.630. The molecule has 0 fully saturated rings. The molecule has 0 spiro atoms. The number of nitrogens with one attached hydrogen (secondary N) is 1. The molecule has 0 radical (unpaired) electrons. The largest absolute Gasteiger partial charge is 0.496 e. The molecule has 1 rings (SSSR count). The molecule has 0 bridgehead atoms. The molecule has 0 heterocycles. The molecule has 5 nitrogen and oxygen atoms in total. The van der Waals surface area contributed by atoms with Gasteiger partial charge >= 0.3 is 0 Å². The minimum atomic E-state index is -3.63. The first-order valence-corrected chi connectivity index (χ1v) is 7.69. The van der Waals surface area contributed by atoms with Crippen LogP contribution in [0.15, 0.2) is 27.6 Å². The molecular formula is C11H16BrNO4S. The average Bonchev–Trinajstić information content (AvgIpc) is 2.35. The standard InChI is InChI=1S/C11H16BrNO4S/c1-3-8(7-14)13-18(15,16)9-4-5-11(17-2)10(12)6-9/h4-6,8,13-14H,3,7H2,1-2H3/t8-/m0/s1. The van der Waals surface area contributed by atoms with Crippen LogP contribution >= 0.6 is 15.9 Å². The second-order valence-corrected chi connectivity index (χ2v) is 6.27. The first-order chi connectivity index (χ1) is 8.44. The first-order valence-electron chi connectivity index (χ1n) is 5.41. The van der Waals surface area contributed by atoms with Crippen molar-refractivity contribution < 1.29 is 18.3 Å². The van der Waals surface area contributed by atoms with E-state index >= 15 is 0 Å². The second kappa shape index (κ2) is 6.51. The minimum Gasteiger partial charge on any atom is -0.496 e. The molecule has 102 valence electrons. The van der Waals surface area contributed by atoms with Crippen molar-refractivity contribution in [3.8, 4) is 5.75 Å². The monoisotopic (exact) mass is 337 g/mol. The van der Waals surface area contributed by atoms with E-state index in [1.165, 1.54) is 19.2 Å². The van der Waals surface area contributed by atoms with E-state index in [4.69, 9.17) is 9.84 Å². The van der Waals surface area contributed by atoms with Gasteiger partial charge in [0.2, 0.25) is 10.0 Å². The fourth-order valence-electron chi connectivity index (χ4n) is 1.35. The van der Waals surface area contributed by atoms with Crippen LogP contribution in [0.2, 0.25) is 0 Å². The number of ether oxygens (including phenoxy) is 1. The molecule has 0 aromatic heterocycles. The fourth-order valence-corrected chi connectivity index (χ4v) is 3.38. The van der Waals surface area contributed by atoms with Gasteiger partial charge in [0.1, 0.15) is 5.75 Å². The normalized spacial score (nSPS) is 13.3. The van der Waals surface area contributed by atoms with E-state index in [0.29, 0.717) is 16.6 Å². The summed E-state index contributed by atoms with van der Waals surface area (Å²) in [5, 5.41) is 9.02. The van der Waals surface area contributed by atoms with Crippen LogP contribution in [0.5, 0.6) is 5.75 Å². The molecule has 1 aromatic carbocycles. The van der Waals surface area contributed by atoms with Crippen molar-refractivity contribution in [1.82, 2.24) is 4.72 Å². The molecule has 1 atom stereocenters. The number of rotatable bonds is 6. The maximum absolute atomic E-state index is 12.0. The van der Waals surface area contributed by atoms with Crippen molar-refractivity contribution in [1.29, 1.82) is 0 Å². The Bertz CT molecular complexity index is 500. The van der Waals surface area contributed by atoms with Crippen LogP contribution in [0.25, 0.3) is 0 Å². The summed E-state index contributed by atoms with van der Waals surface area (Å²) in [5.74, 6) is 0.558. The lowest BCUT2D eigenvalue weighted by molar-refractivity contribution is 0.254. The zero-order valence-electron chi connectivity index (χ0n) is 10.2. The topological polar surface area (TPSA) is 75.6 Å². The van der Waals surface area contributed by atoms with Gasteiger partial charge in [-0.3, -0.25) is 0 Å². The fraction of sp³-hybridized carbons (Fsp3) is 0.455. The van der Waals surface area contributed by atoms with Gasteiger partial charge < -0.3 is 9.84 Å². The van der Waals surface area contributed by atoms with Crippen molar-refractivity contribution >= 4 is 26.0 Å². The van der Waals surface area contributed by atoms with Crippen LogP contribution in [0.4, 0.5) is 0 Å². The van der Waals surface area contributed by atoms with Crippen molar-refractivity contribution in [3.05, 3.63) is 22.7 Å². The number of aliphatic hydroxyl groups is 1. The molecule has 0 saturated heterocycles. The number of hydrogen-bond donors (Lipinski definition) is 2. The zero-order chi connectivity index (χ0) is 13.8. The molecular weight excluding hydrogens is 322 g/mol. The number of halogens is 1. The van der Waals surface area contributed by atoms with E-state index in [1.807, 2.05) is 0 Å². The van der Waals surface area contributed by atoms with Gasteiger partial charge in [0.15, 0.2) is 0 Å². The van der Waals surface area contributed by atoms with Crippen molar-refractivity contribution in [2.75, 3.05) is 13.7 Å². The smallest absolute Gasteiger partial charge is 0.240 e. The Labute approximate surface area is 115 Å². The van der Waals surface area contributed by atoms with Gasteiger partial charge in [-0.25, -0.2) is 13.1 Å². The molecule has 0 amide bonds. The van der Waals surface area contributed by atoms with E-state index in [2.05, 4.69) is 20.7 Å². The van der Waals surface area contributed by atoms with Gasteiger partial charge in [0, 0.05) is 6.04 Å². The minimum absolute atomic E-state index is 0.127. The molecule has 2 N–H and O–H groups in total. The summed E-state index contributed by atoms with van der Waals surface area (Å²) in [5.41, 5.74) is 0. The molecule has 0 aliphatic carbocycles. The summed E-state index contributed by atoms with van der Waals surface area (Å²) >= 11 is 3.23. The van der Waals surface area contributed by atoms with Gasteiger partial charge in [-0.05, 0) is 40.5 Å². The summed E-state index contributed by atoms with van der Waals surface area (Å²) in [7, 11) is -2.12. The Morgan fingerprint density at radius 1 is 1.50 bits per heavy atom. The van der Waals surface area contributed by atoms with Crippen LogP contribution in [-0.2, 0) is 10.0 Å². The number of sulfonamides is 1. The van der Waals surface area contributed by atoms with Crippen LogP contribution in [0.1, 0.15) is 13.3 Å². The maximum atomic E-state index is 12.0. The average molecular weight is 338 g/mol. The van der Waals surface area contributed by atoms with E-state index in [9.17, 15) is 8.42 Å². The van der Waals surface area contributed by atoms with Gasteiger partial charge in [-0.2, -0.15) is 0 Å². The predicted octanol–water partition coefficient (Wildman–Crippen LogP) is 1.51. The Kier molecular flexibility index (Phi) is 5.58. The van der Waals surface area contributed by atoms with Gasteiger partial charge in [0.25, 0.3) is 0 Å². The Morgan fingerprint density at radius 2 is 2.17 bits per heavy atom. The van der Waals surface area contributed by atoms with E-state index < -0.39 is 16.1 Å². The van der Waals surface area contributed by atoms with E-state index in [-0.39, 0.29) is 11.5 Å². The summed E-state index contributed by atoms with van der Waals surface area (Å²) in [6, 6.07) is 4.01. The van der Waals surface area contributed by atoms with Crippen LogP contribution in [0.3, 0.4) is 0 Å². The summed E-state index contributed by atoms with van der Waals surface area (Å²) < 4.78 is 32.1. The van der Waals surface area contributed by atoms with Crippen LogP contribution in [-0.4, -0.2) is 33.3 Å². The summed E-state index contributed by atoms with van der Waals surface area (Å²) in [6.07, 6.45) is 0.521. The molecule has 0 saturated carbocycles. The van der Waals surface area contributed by atoms with Crippen LogP contribution in [0, 0.1) is 0 Å². The molecule has 7 heteroatoms.